The topological polar surface area (TPSA) is 26.0 Å². The standard InChI is InChI=1S/C12H25N/c1-4-9-12(2,3)10-7-5-6-8-11(10)13/h10-11H,4-9,13H2,1-3H3. The zero-order chi connectivity index (χ0) is 9.90. The van der Waals surface area contributed by atoms with Crippen LogP contribution in [0.1, 0.15) is 59.3 Å². The second kappa shape index (κ2) is 4.45. The Morgan fingerprint density at radius 3 is 2.38 bits per heavy atom. The molecule has 1 heteroatoms. The zero-order valence-corrected chi connectivity index (χ0v) is 9.47. The van der Waals surface area contributed by atoms with Gasteiger partial charge in [-0.1, -0.05) is 40.0 Å². The van der Waals surface area contributed by atoms with Crippen LogP contribution in [0.2, 0.25) is 0 Å². The van der Waals surface area contributed by atoms with Crippen molar-refractivity contribution in [1.29, 1.82) is 0 Å². The molecule has 1 rings (SSSR count). The molecule has 2 N–H and O–H groups in total. The lowest BCUT2D eigenvalue weighted by Crippen LogP contribution is -2.41. The van der Waals surface area contributed by atoms with Crippen molar-refractivity contribution in [2.24, 2.45) is 17.1 Å². The Hall–Kier alpha value is -0.0400. The summed E-state index contributed by atoms with van der Waals surface area (Å²) in [5, 5.41) is 0. The fourth-order valence-corrected chi connectivity index (χ4v) is 2.96. The summed E-state index contributed by atoms with van der Waals surface area (Å²) in [6, 6.07) is 0.468. The maximum atomic E-state index is 6.20. The monoisotopic (exact) mass is 183 g/mol. The van der Waals surface area contributed by atoms with E-state index in [1.807, 2.05) is 0 Å². The van der Waals surface area contributed by atoms with Crippen LogP contribution in [0.5, 0.6) is 0 Å². The maximum absolute atomic E-state index is 6.20. The van der Waals surface area contributed by atoms with Gasteiger partial charge < -0.3 is 5.73 Å². The van der Waals surface area contributed by atoms with Crippen molar-refractivity contribution >= 4 is 0 Å². The van der Waals surface area contributed by atoms with Gasteiger partial charge in [-0.05, 0) is 30.6 Å². The second-order valence-electron chi connectivity index (χ2n) is 5.29. The number of hydrogen-bond acceptors (Lipinski definition) is 1. The van der Waals surface area contributed by atoms with E-state index in [4.69, 9.17) is 5.73 Å². The van der Waals surface area contributed by atoms with Gasteiger partial charge in [0, 0.05) is 6.04 Å². The van der Waals surface area contributed by atoms with Crippen molar-refractivity contribution in [3.63, 3.8) is 0 Å². The normalized spacial score (nSPS) is 30.5. The quantitative estimate of drug-likeness (QED) is 0.713. The lowest BCUT2D eigenvalue weighted by atomic mass is 9.67. The fraction of sp³-hybridized carbons (Fsp3) is 1.00. The summed E-state index contributed by atoms with van der Waals surface area (Å²) in [5.74, 6) is 0.765. The van der Waals surface area contributed by atoms with E-state index < -0.39 is 0 Å². The average molecular weight is 183 g/mol. The van der Waals surface area contributed by atoms with Crippen molar-refractivity contribution in [2.75, 3.05) is 0 Å². The van der Waals surface area contributed by atoms with Gasteiger partial charge in [-0.3, -0.25) is 0 Å². The highest BCUT2D eigenvalue weighted by Gasteiger charge is 2.34. The van der Waals surface area contributed by atoms with Crippen LogP contribution in [0.15, 0.2) is 0 Å². The summed E-state index contributed by atoms with van der Waals surface area (Å²) < 4.78 is 0. The molecule has 2 unspecified atom stereocenters. The van der Waals surface area contributed by atoms with Gasteiger partial charge in [-0.25, -0.2) is 0 Å². The number of hydrogen-bond donors (Lipinski definition) is 1. The van der Waals surface area contributed by atoms with Crippen LogP contribution in [0, 0.1) is 11.3 Å². The van der Waals surface area contributed by atoms with Crippen LogP contribution in [-0.2, 0) is 0 Å². The summed E-state index contributed by atoms with van der Waals surface area (Å²) in [7, 11) is 0. The third-order valence-electron chi connectivity index (χ3n) is 3.72. The third kappa shape index (κ3) is 2.70. The zero-order valence-electron chi connectivity index (χ0n) is 9.47. The van der Waals surface area contributed by atoms with Crippen LogP contribution in [0.3, 0.4) is 0 Å². The lowest BCUT2D eigenvalue weighted by Gasteiger charge is -2.41. The Bertz CT molecular complexity index is 151. The largest absolute Gasteiger partial charge is 0.327 e. The molecule has 1 aliphatic rings. The fourth-order valence-electron chi connectivity index (χ4n) is 2.96. The van der Waals surface area contributed by atoms with E-state index in [-0.39, 0.29) is 0 Å². The number of rotatable bonds is 3. The predicted molar refractivity (Wildman–Crippen MR) is 58.6 cm³/mol. The highest BCUT2D eigenvalue weighted by molar-refractivity contribution is 4.88. The van der Waals surface area contributed by atoms with E-state index in [1.165, 1.54) is 38.5 Å². The third-order valence-corrected chi connectivity index (χ3v) is 3.72. The molecule has 1 nitrogen and oxygen atoms in total. The first kappa shape index (κ1) is 11.0. The first-order valence-corrected chi connectivity index (χ1v) is 5.83. The first-order valence-electron chi connectivity index (χ1n) is 5.83. The molecule has 0 aromatic carbocycles. The molecule has 0 spiro atoms. The Kier molecular flexibility index (Phi) is 3.78. The first-order chi connectivity index (χ1) is 6.08. The molecular weight excluding hydrogens is 158 g/mol. The number of nitrogens with two attached hydrogens (primary N) is 1. The highest BCUT2D eigenvalue weighted by Crippen LogP contribution is 2.40. The second-order valence-corrected chi connectivity index (χ2v) is 5.29. The lowest BCUT2D eigenvalue weighted by molar-refractivity contribution is 0.123. The molecule has 0 aromatic rings. The molecule has 1 fully saturated rings. The molecule has 78 valence electrons. The summed E-state index contributed by atoms with van der Waals surface area (Å²) in [6.07, 6.45) is 7.96. The Labute approximate surface area is 83.1 Å². The van der Waals surface area contributed by atoms with Crippen molar-refractivity contribution in [2.45, 2.75) is 65.3 Å². The van der Waals surface area contributed by atoms with Gasteiger partial charge in [0.2, 0.25) is 0 Å². The van der Waals surface area contributed by atoms with Crippen molar-refractivity contribution < 1.29 is 0 Å². The molecule has 1 saturated carbocycles. The molecule has 0 bridgehead atoms. The summed E-state index contributed by atoms with van der Waals surface area (Å²) in [5.41, 5.74) is 6.66. The van der Waals surface area contributed by atoms with Gasteiger partial charge in [0.05, 0.1) is 0 Å². The summed E-state index contributed by atoms with van der Waals surface area (Å²) in [6.45, 7) is 7.06. The van der Waals surface area contributed by atoms with Crippen molar-refractivity contribution in [1.82, 2.24) is 0 Å². The molecule has 0 aliphatic heterocycles. The molecule has 0 heterocycles. The van der Waals surface area contributed by atoms with Crippen LogP contribution < -0.4 is 5.73 Å². The van der Waals surface area contributed by atoms with Gasteiger partial charge in [0.1, 0.15) is 0 Å². The summed E-state index contributed by atoms with van der Waals surface area (Å²) in [4.78, 5) is 0. The molecule has 0 amide bonds. The molecular formula is C12H25N. The van der Waals surface area contributed by atoms with Gasteiger partial charge in [0.25, 0.3) is 0 Å². The van der Waals surface area contributed by atoms with Crippen LogP contribution in [0.4, 0.5) is 0 Å². The Balaban J connectivity index is 2.56. The van der Waals surface area contributed by atoms with E-state index in [9.17, 15) is 0 Å². The molecule has 0 radical (unpaired) electrons. The van der Waals surface area contributed by atoms with Crippen LogP contribution in [0.25, 0.3) is 0 Å². The van der Waals surface area contributed by atoms with Crippen LogP contribution >= 0.6 is 0 Å². The van der Waals surface area contributed by atoms with E-state index in [2.05, 4.69) is 20.8 Å². The van der Waals surface area contributed by atoms with E-state index in [1.54, 1.807) is 0 Å². The minimum Gasteiger partial charge on any atom is -0.327 e. The van der Waals surface area contributed by atoms with Crippen molar-refractivity contribution in [3.8, 4) is 0 Å². The molecule has 13 heavy (non-hydrogen) atoms. The Morgan fingerprint density at radius 2 is 1.85 bits per heavy atom. The van der Waals surface area contributed by atoms with Crippen LogP contribution in [-0.4, -0.2) is 6.04 Å². The minimum absolute atomic E-state index is 0.467. The smallest absolute Gasteiger partial charge is 0.00722 e. The molecule has 0 saturated heterocycles. The minimum atomic E-state index is 0.467. The van der Waals surface area contributed by atoms with Gasteiger partial charge in [-0.2, -0.15) is 0 Å². The van der Waals surface area contributed by atoms with Crippen molar-refractivity contribution in [3.05, 3.63) is 0 Å². The van der Waals surface area contributed by atoms with Gasteiger partial charge in [0.15, 0.2) is 0 Å². The Morgan fingerprint density at radius 1 is 1.23 bits per heavy atom. The molecule has 0 aromatic heterocycles. The highest BCUT2D eigenvalue weighted by atomic mass is 14.7. The average Bonchev–Trinajstić information content (AvgIpc) is 2.04. The van der Waals surface area contributed by atoms with Gasteiger partial charge >= 0.3 is 0 Å². The SMILES string of the molecule is CCCC(C)(C)C1CCCCC1N. The van der Waals surface area contributed by atoms with Gasteiger partial charge in [-0.15, -0.1) is 0 Å². The predicted octanol–water partition coefficient (Wildman–Crippen LogP) is 3.33. The van der Waals surface area contributed by atoms with E-state index in [0.29, 0.717) is 11.5 Å². The maximum Gasteiger partial charge on any atom is 0.00722 e. The summed E-state index contributed by atoms with van der Waals surface area (Å²) >= 11 is 0. The molecule has 2 atom stereocenters. The molecule has 1 aliphatic carbocycles. The van der Waals surface area contributed by atoms with E-state index in [0.717, 1.165) is 5.92 Å². The van der Waals surface area contributed by atoms with E-state index >= 15 is 0 Å².